The molecule has 6 nitrogen and oxygen atoms in total. The van der Waals surface area contributed by atoms with Crippen molar-refractivity contribution in [3.05, 3.63) is 35.7 Å². The number of rotatable bonds is 3. The number of hydrogen-bond acceptors (Lipinski definition) is 5. The number of aromatic nitrogens is 2. The van der Waals surface area contributed by atoms with E-state index in [1.807, 2.05) is 0 Å². The molecule has 104 valence electrons. The van der Waals surface area contributed by atoms with Gasteiger partial charge in [0, 0.05) is 6.61 Å². The van der Waals surface area contributed by atoms with E-state index in [0.29, 0.717) is 24.0 Å². The first kappa shape index (κ1) is 12.8. The monoisotopic (exact) mass is 274 g/mol. The number of carbonyl (C=O) groups is 1. The maximum atomic E-state index is 11.2. The Balaban J connectivity index is 1.96. The highest BCUT2D eigenvalue weighted by Crippen LogP contribution is 2.34. The van der Waals surface area contributed by atoms with E-state index < -0.39 is 5.97 Å². The van der Waals surface area contributed by atoms with E-state index in [4.69, 9.17) is 9.15 Å². The van der Waals surface area contributed by atoms with Gasteiger partial charge < -0.3 is 14.3 Å². The van der Waals surface area contributed by atoms with Crippen molar-refractivity contribution in [2.24, 2.45) is 5.92 Å². The molecule has 0 bridgehead atoms. The Morgan fingerprint density at radius 2 is 2.15 bits per heavy atom. The summed E-state index contributed by atoms with van der Waals surface area (Å²) >= 11 is 0. The molecule has 0 amide bonds. The maximum absolute atomic E-state index is 11.2. The second-order valence-corrected chi connectivity index (χ2v) is 4.85. The first-order valence-electron chi connectivity index (χ1n) is 6.44. The van der Waals surface area contributed by atoms with E-state index >= 15 is 0 Å². The first-order chi connectivity index (χ1) is 9.66. The molecule has 3 rings (SSSR count). The van der Waals surface area contributed by atoms with Crippen molar-refractivity contribution in [1.29, 1.82) is 0 Å². The molecule has 1 saturated heterocycles. The van der Waals surface area contributed by atoms with E-state index in [0.717, 1.165) is 6.42 Å². The zero-order valence-corrected chi connectivity index (χ0v) is 10.9. The molecule has 2 atom stereocenters. The summed E-state index contributed by atoms with van der Waals surface area (Å²) in [5, 5.41) is 17.1. The normalized spacial score (nSPS) is 22.1. The van der Waals surface area contributed by atoms with E-state index in [9.17, 15) is 9.90 Å². The van der Waals surface area contributed by atoms with E-state index in [1.165, 1.54) is 6.07 Å². The van der Waals surface area contributed by atoms with E-state index in [2.05, 4.69) is 17.1 Å². The number of carboxylic acid groups (broad SMARTS) is 1. The second-order valence-electron chi connectivity index (χ2n) is 4.85. The van der Waals surface area contributed by atoms with Gasteiger partial charge in [-0.25, -0.2) is 4.79 Å². The van der Waals surface area contributed by atoms with Crippen molar-refractivity contribution in [3.63, 3.8) is 0 Å². The molecule has 0 spiro atoms. The highest BCUT2D eigenvalue weighted by atomic mass is 16.5. The Morgan fingerprint density at radius 1 is 1.35 bits per heavy atom. The van der Waals surface area contributed by atoms with Gasteiger partial charge in [0.2, 0.25) is 11.8 Å². The Morgan fingerprint density at radius 3 is 2.85 bits per heavy atom. The van der Waals surface area contributed by atoms with Crippen LogP contribution in [0.15, 0.2) is 28.7 Å². The predicted molar refractivity (Wildman–Crippen MR) is 69.2 cm³/mol. The quantitative estimate of drug-likeness (QED) is 0.925. The predicted octanol–water partition coefficient (Wildman–Crippen LogP) is 2.53. The lowest BCUT2D eigenvalue weighted by molar-refractivity contribution is 0.0696. The van der Waals surface area contributed by atoms with Crippen LogP contribution in [0.5, 0.6) is 0 Å². The smallest absolute Gasteiger partial charge is 0.336 e. The zero-order chi connectivity index (χ0) is 14.1. The van der Waals surface area contributed by atoms with Crippen molar-refractivity contribution in [2.45, 2.75) is 19.4 Å². The van der Waals surface area contributed by atoms with Gasteiger partial charge in [-0.2, -0.15) is 0 Å². The second kappa shape index (κ2) is 5.05. The van der Waals surface area contributed by atoms with Crippen LogP contribution in [0.2, 0.25) is 0 Å². The first-order valence-corrected chi connectivity index (χ1v) is 6.44. The van der Waals surface area contributed by atoms with Gasteiger partial charge >= 0.3 is 5.97 Å². The summed E-state index contributed by atoms with van der Waals surface area (Å²) in [6.45, 7) is 2.74. The number of aromatic carboxylic acids is 1. The van der Waals surface area contributed by atoms with Crippen molar-refractivity contribution >= 4 is 5.97 Å². The van der Waals surface area contributed by atoms with Crippen molar-refractivity contribution in [3.8, 4) is 11.5 Å². The average Bonchev–Trinajstić information content (AvgIpc) is 3.07. The minimum absolute atomic E-state index is 0.142. The summed E-state index contributed by atoms with van der Waals surface area (Å²) in [4.78, 5) is 11.2. The SMILES string of the molecule is CC1CCOC1c1nnc(-c2ccccc2C(=O)O)o1. The number of carboxylic acids is 1. The van der Waals surface area contributed by atoms with E-state index in [1.54, 1.807) is 18.2 Å². The molecule has 20 heavy (non-hydrogen) atoms. The Hall–Kier alpha value is -2.21. The van der Waals surface area contributed by atoms with Crippen LogP contribution < -0.4 is 0 Å². The third-order valence-corrected chi connectivity index (χ3v) is 3.46. The topological polar surface area (TPSA) is 85.5 Å². The molecule has 1 aliphatic heterocycles. The number of hydrogen-bond donors (Lipinski definition) is 1. The highest BCUT2D eigenvalue weighted by Gasteiger charge is 2.31. The molecule has 0 aliphatic carbocycles. The van der Waals surface area contributed by atoms with Crippen LogP contribution in [0, 0.1) is 5.92 Å². The number of benzene rings is 1. The van der Waals surface area contributed by atoms with Gasteiger partial charge in [0.05, 0.1) is 11.1 Å². The molecule has 2 unspecified atom stereocenters. The zero-order valence-electron chi connectivity index (χ0n) is 10.9. The third-order valence-electron chi connectivity index (χ3n) is 3.46. The van der Waals surface area contributed by atoms with Crippen LogP contribution in [0.4, 0.5) is 0 Å². The molecule has 1 fully saturated rings. The Kier molecular flexibility index (Phi) is 3.23. The Labute approximate surface area is 115 Å². The summed E-state index contributed by atoms with van der Waals surface area (Å²) < 4.78 is 11.2. The van der Waals surface area contributed by atoms with Gasteiger partial charge in [0.25, 0.3) is 0 Å². The van der Waals surface area contributed by atoms with Crippen LogP contribution in [0.3, 0.4) is 0 Å². The molecular formula is C14H14N2O4. The molecular weight excluding hydrogens is 260 g/mol. The third kappa shape index (κ3) is 2.18. The molecule has 2 heterocycles. The van der Waals surface area contributed by atoms with Crippen LogP contribution in [-0.4, -0.2) is 27.9 Å². The molecule has 0 radical (unpaired) electrons. The van der Waals surface area contributed by atoms with Gasteiger partial charge in [-0.1, -0.05) is 19.1 Å². The highest BCUT2D eigenvalue weighted by molar-refractivity contribution is 5.94. The largest absolute Gasteiger partial charge is 0.478 e. The van der Waals surface area contributed by atoms with Crippen molar-refractivity contribution in [2.75, 3.05) is 6.61 Å². The minimum atomic E-state index is -1.02. The average molecular weight is 274 g/mol. The van der Waals surface area contributed by atoms with Crippen molar-refractivity contribution < 1.29 is 19.1 Å². The minimum Gasteiger partial charge on any atom is -0.478 e. The summed E-state index contributed by atoms with van der Waals surface area (Å²) in [7, 11) is 0. The van der Waals surface area contributed by atoms with Crippen LogP contribution in [0.25, 0.3) is 11.5 Å². The maximum Gasteiger partial charge on any atom is 0.336 e. The summed E-state index contributed by atoms with van der Waals surface area (Å²) in [5.74, 6) is -0.0882. The fourth-order valence-electron chi connectivity index (χ4n) is 2.33. The number of nitrogens with zero attached hydrogens (tertiary/aromatic N) is 2. The summed E-state index contributed by atoms with van der Waals surface area (Å²) in [6.07, 6.45) is 0.752. The fourth-order valence-corrected chi connectivity index (χ4v) is 2.33. The van der Waals surface area contributed by atoms with Gasteiger partial charge in [-0.3, -0.25) is 0 Å². The van der Waals surface area contributed by atoms with E-state index in [-0.39, 0.29) is 17.6 Å². The molecule has 6 heteroatoms. The molecule has 1 aromatic heterocycles. The fraction of sp³-hybridized carbons (Fsp3) is 0.357. The van der Waals surface area contributed by atoms with Crippen LogP contribution in [-0.2, 0) is 4.74 Å². The Bertz CT molecular complexity index is 638. The lowest BCUT2D eigenvalue weighted by atomic mass is 10.0. The lowest BCUT2D eigenvalue weighted by Gasteiger charge is -2.08. The van der Waals surface area contributed by atoms with Gasteiger partial charge in [-0.15, -0.1) is 10.2 Å². The van der Waals surface area contributed by atoms with Gasteiger partial charge in [0.1, 0.15) is 6.10 Å². The van der Waals surface area contributed by atoms with Gasteiger partial charge in [0.15, 0.2) is 0 Å². The molecule has 2 aromatic rings. The van der Waals surface area contributed by atoms with Crippen LogP contribution in [0.1, 0.15) is 35.7 Å². The van der Waals surface area contributed by atoms with Crippen molar-refractivity contribution in [1.82, 2.24) is 10.2 Å². The lowest BCUT2D eigenvalue weighted by Crippen LogP contribution is -2.03. The van der Waals surface area contributed by atoms with Crippen LogP contribution >= 0.6 is 0 Å². The molecule has 0 saturated carbocycles. The molecule has 1 aromatic carbocycles. The molecule has 1 N–H and O–H groups in total. The molecule has 1 aliphatic rings. The van der Waals surface area contributed by atoms with Gasteiger partial charge in [-0.05, 0) is 24.5 Å². The standard InChI is InChI=1S/C14H14N2O4/c1-8-6-7-19-11(8)13-16-15-12(20-13)9-4-2-3-5-10(9)14(17)18/h2-5,8,11H,6-7H2,1H3,(H,17,18). The summed E-state index contributed by atoms with van der Waals surface area (Å²) in [5.41, 5.74) is 0.562. The summed E-state index contributed by atoms with van der Waals surface area (Å²) in [6, 6.07) is 6.56. The number of ether oxygens (including phenoxy) is 1.